The number of hydrogen-bond donors (Lipinski definition) is 1. The normalized spacial score (nSPS) is 10.6. The number of thiocarbonyl (C=S) groups is 1. The summed E-state index contributed by atoms with van der Waals surface area (Å²) in [6.45, 7) is 3.07. The molecule has 0 fully saturated rings. The minimum absolute atomic E-state index is 0.395. The number of nitrogens with two attached hydrogens (primary N) is 1. The highest BCUT2D eigenvalue weighted by molar-refractivity contribution is 7.80. The van der Waals surface area contributed by atoms with Crippen molar-refractivity contribution in [1.29, 1.82) is 0 Å². The molecule has 2 N–H and O–H groups in total. The second-order valence-corrected chi connectivity index (χ2v) is 4.78. The number of anilines is 1. The first-order valence-corrected chi connectivity index (χ1v) is 6.45. The van der Waals surface area contributed by atoms with Gasteiger partial charge >= 0.3 is 0 Å². The van der Waals surface area contributed by atoms with Crippen molar-refractivity contribution in [2.75, 3.05) is 18.5 Å². The van der Waals surface area contributed by atoms with Crippen molar-refractivity contribution in [3.05, 3.63) is 35.9 Å². The number of benzene rings is 1. The van der Waals surface area contributed by atoms with Crippen LogP contribution in [0.5, 0.6) is 0 Å². The van der Waals surface area contributed by atoms with Crippen LogP contribution in [0.15, 0.2) is 30.3 Å². The van der Waals surface area contributed by atoms with Crippen molar-refractivity contribution in [2.24, 2.45) is 5.73 Å². The summed E-state index contributed by atoms with van der Waals surface area (Å²) >= 11 is 5.13. The van der Waals surface area contributed by atoms with Crippen molar-refractivity contribution < 1.29 is 0 Å². The van der Waals surface area contributed by atoms with Gasteiger partial charge in [0.2, 0.25) is 0 Å². The third-order valence-electron chi connectivity index (χ3n) is 2.89. The summed E-state index contributed by atoms with van der Waals surface area (Å²) in [7, 11) is 2.02. The van der Waals surface area contributed by atoms with Crippen molar-refractivity contribution >= 4 is 33.9 Å². The van der Waals surface area contributed by atoms with Crippen LogP contribution in [0.3, 0.4) is 0 Å². The van der Waals surface area contributed by atoms with Gasteiger partial charge in [0, 0.05) is 19.0 Å². The zero-order chi connectivity index (χ0) is 13.1. The molecule has 2 aromatic rings. The molecule has 0 atom stereocenters. The van der Waals surface area contributed by atoms with Gasteiger partial charge in [-0.05, 0) is 18.6 Å². The summed E-state index contributed by atoms with van der Waals surface area (Å²) in [6, 6.07) is 10.0. The first kappa shape index (κ1) is 12.8. The van der Waals surface area contributed by atoms with E-state index >= 15 is 0 Å². The van der Waals surface area contributed by atoms with E-state index in [1.807, 2.05) is 37.4 Å². The molecule has 2 rings (SSSR count). The van der Waals surface area contributed by atoms with Gasteiger partial charge in [0.1, 0.15) is 10.8 Å². The second kappa shape index (κ2) is 5.31. The molecule has 1 aromatic heterocycles. The molecule has 0 radical (unpaired) electrons. The average molecular weight is 259 g/mol. The van der Waals surface area contributed by atoms with Crippen molar-refractivity contribution in [1.82, 2.24) is 4.98 Å². The third-order valence-corrected chi connectivity index (χ3v) is 3.11. The Bertz CT molecular complexity index is 580. The Morgan fingerprint density at radius 2 is 2.11 bits per heavy atom. The van der Waals surface area contributed by atoms with Crippen LogP contribution >= 0.6 is 12.2 Å². The van der Waals surface area contributed by atoms with Crippen molar-refractivity contribution in [3.63, 3.8) is 0 Å². The van der Waals surface area contributed by atoms with Gasteiger partial charge in [-0.2, -0.15) is 0 Å². The molecule has 0 aliphatic rings. The molecule has 0 saturated carbocycles. The summed E-state index contributed by atoms with van der Waals surface area (Å²) in [4.78, 5) is 7.17. The number of nitrogens with zero attached hydrogens (tertiary/aromatic N) is 2. The van der Waals surface area contributed by atoms with Gasteiger partial charge in [-0.15, -0.1) is 0 Å². The molecule has 0 spiro atoms. The van der Waals surface area contributed by atoms with Crippen LogP contribution in [0.2, 0.25) is 0 Å². The number of pyridine rings is 1. The van der Waals surface area contributed by atoms with Gasteiger partial charge in [0.15, 0.2) is 0 Å². The lowest BCUT2D eigenvalue weighted by molar-refractivity contribution is 0.839. The minimum Gasteiger partial charge on any atom is -0.389 e. The lowest BCUT2D eigenvalue weighted by Gasteiger charge is -2.20. The monoisotopic (exact) mass is 259 g/mol. The molecular formula is C14H17N3S. The van der Waals surface area contributed by atoms with Crippen LogP contribution < -0.4 is 10.6 Å². The maximum atomic E-state index is 5.80. The molecule has 3 nitrogen and oxygen atoms in total. The van der Waals surface area contributed by atoms with E-state index in [1.165, 1.54) is 0 Å². The average Bonchev–Trinajstić information content (AvgIpc) is 2.37. The predicted molar refractivity (Wildman–Crippen MR) is 81.2 cm³/mol. The first-order valence-electron chi connectivity index (χ1n) is 6.04. The SMILES string of the molecule is CCCN(C)c1nc2ccccc2cc1C(N)=S. The van der Waals surface area contributed by atoms with Gasteiger partial charge in [0.25, 0.3) is 0 Å². The lowest BCUT2D eigenvalue weighted by Crippen LogP contribution is -2.23. The molecule has 0 amide bonds. The summed E-state index contributed by atoms with van der Waals surface area (Å²) in [5.74, 6) is 0.864. The van der Waals surface area contributed by atoms with Crippen LogP contribution in [0.4, 0.5) is 5.82 Å². The number of rotatable bonds is 4. The smallest absolute Gasteiger partial charge is 0.139 e. The quantitative estimate of drug-likeness (QED) is 0.857. The topological polar surface area (TPSA) is 42.2 Å². The molecule has 0 aliphatic heterocycles. The molecule has 0 unspecified atom stereocenters. The first-order chi connectivity index (χ1) is 8.63. The molecule has 94 valence electrons. The Balaban J connectivity index is 2.61. The molecule has 0 aliphatic carbocycles. The van der Waals surface area contributed by atoms with Gasteiger partial charge in [-0.25, -0.2) is 4.98 Å². The lowest BCUT2D eigenvalue weighted by atomic mass is 10.1. The Morgan fingerprint density at radius 1 is 1.39 bits per heavy atom. The summed E-state index contributed by atoms with van der Waals surface area (Å²) in [6.07, 6.45) is 1.06. The summed E-state index contributed by atoms with van der Waals surface area (Å²) in [5.41, 5.74) is 7.62. The minimum atomic E-state index is 0.395. The van der Waals surface area contributed by atoms with E-state index in [-0.39, 0.29) is 0 Å². The van der Waals surface area contributed by atoms with E-state index < -0.39 is 0 Å². The molecule has 0 saturated heterocycles. The van der Waals surface area contributed by atoms with Crippen LogP contribution in [0.25, 0.3) is 10.9 Å². The third kappa shape index (κ3) is 2.43. The van der Waals surface area contributed by atoms with Gasteiger partial charge in [0.05, 0.1) is 11.1 Å². The largest absolute Gasteiger partial charge is 0.389 e. The summed E-state index contributed by atoms with van der Waals surface area (Å²) < 4.78 is 0. The predicted octanol–water partition coefficient (Wildman–Crippen LogP) is 2.72. The van der Waals surface area contributed by atoms with Crippen LogP contribution in [0, 0.1) is 0 Å². The molecule has 4 heteroatoms. The molecule has 1 heterocycles. The molecule has 0 bridgehead atoms. The fourth-order valence-electron chi connectivity index (χ4n) is 2.02. The Labute approximate surface area is 113 Å². The Morgan fingerprint density at radius 3 is 2.78 bits per heavy atom. The van der Waals surface area contributed by atoms with E-state index in [0.29, 0.717) is 4.99 Å². The number of para-hydroxylation sites is 1. The molecular weight excluding hydrogens is 242 g/mol. The van der Waals surface area contributed by atoms with Crippen LogP contribution in [-0.2, 0) is 0 Å². The highest BCUT2D eigenvalue weighted by Crippen LogP contribution is 2.23. The summed E-state index contributed by atoms with van der Waals surface area (Å²) in [5, 5.41) is 1.06. The standard InChI is InChI=1S/C14H17N3S/c1-3-8-17(2)14-11(13(15)18)9-10-6-4-5-7-12(10)16-14/h4-7,9H,3,8H2,1-2H3,(H2,15,18). The van der Waals surface area contributed by atoms with E-state index in [1.54, 1.807) is 0 Å². The molecule has 18 heavy (non-hydrogen) atoms. The second-order valence-electron chi connectivity index (χ2n) is 4.34. The number of fused-ring (bicyclic) bond motifs is 1. The van der Waals surface area contributed by atoms with E-state index in [9.17, 15) is 0 Å². The highest BCUT2D eigenvalue weighted by atomic mass is 32.1. The van der Waals surface area contributed by atoms with Crippen LogP contribution in [0.1, 0.15) is 18.9 Å². The van der Waals surface area contributed by atoms with Crippen molar-refractivity contribution in [2.45, 2.75) is 13.3 Å². The zero-order valence-electron chi connectivity index (χ0n) is 10.7. The highest BCUT2D eigenvalue weighted by Gasteiger charge is 2.12. The maximum absolute atomic E-state index is 5.80. The maximum Gasteiger partial charge on any atom is 0.139 e. The van der Waals surface area contributed by atoms with E-state index in [2.05, 4.69) is 16.8 Å². The van der Waals surface area contributed by atoms with Gasteiger partial charge < -0.3 is 10.6 Å². The van der Waals surface area contributed by atoms with Gasteiger partial charge in [-0.3, -0.25) is 0 Å². The zero-order valence-corrected chi connectivity index (χ0v) is 11.5. The van der Waals surface area contributed by atoms with Gasteiger partial charge in [-0.1, -0.05) is 37.3 Å². The fourth-order valence-corrected chi connectivity index (χ4v) is 2.17. The van der Waals surface area contributed by atoms with Crippen LogP contribution in [-0.4, -0.2) is 23.6 Å². The number of hydrogen-bond acceptors (Lipinski definition) is 3. The van der Waals surface area contributed by atoms with Crippen molar-refractivity contribution in [3.8, 4) is 0 Å². The van der Waals surface area contributed by atoms with E-state index in [0.717, 1.165) is 35.2 Å². The van der Waals surface area contributed by atoms with E-state index in [4.69, 9.17) is 18.0 Å². The Kier molecular flexibility index (Phi) is 3.77. The molecule has 1 aromatic carbocycles. The Hall–Kier alpha value is -1.68. The number of aromatic nitrogens is 1. The fraction of sp³-hybridized carbons (Fsp3) is 0.286.